The van der Waals surface area contributed by atoms with E-state index in [0.717, 1.165) is 30.3 Å². The van der Waals surface area contributed by atoms with Crippen LogP contribution in [0.1, 0.15) is 65.8 Å². The lowest BCUT2D eigenvalue weighted by atomic mass is 9.95. The molecule has 0 unspecified atom stereocenters. The molecule has 0 N–H and O–H groups in total. The highest BCUT2D eigenvalue weighted by Gasteiger charge is 2.23. The standard InChI is InChI=1S/C17H30ClN3/c1-8-13(9-2)11-21(10-3)15-12(4)14(18)19-16(20-15)17(5,6)7/h13H,8-11H2,1-7H3. The van der Waals surface area contributed by atoms with Gasteiger partial charge in [-0.25, -0.2) is 9.97 Å². The maximum absolute atomic E-state index is 6.35. The monoisotopic (exact) mass is 311 g/mol. The third kappa shape index (κ3) is 4.57. The molecule has 3 nitrogen and oxygen atoms in total. The van der Waals surface area contributed by atoms with Crippen LogP contribution in [0, 0.1) is 12.8 Å². The van der Waals surface area contributed by atoms with Crippen molar-refractivity contribution in [3.8, 4) is 0 Å². The molecule has 0 radical (unpaired) electrons. The summed E-state index contributed by atoms with van der Waals surface area (Å²) in [6, 6.07) is 0. The van der Waals surface area contributed by atoms with Gasteiger partial charge in [0.25, 0.3) is 0 Å². The van der Waals surface area contributed by atoms with Crippen LogP contribution in [0.2, 0.25) is 5.15 Å². The summed E-state index contributed by atoms with van der Waals surface area (Å²) in [5, 5.41) is 0.577. The molecule has 0 atom stereocenters. The molecule has 0 aliphatic rings. The Balaban J connectivity index is 3.22. The van der Waals surface area contributed by atoms with E-state index in [9.17, 15) is 0 Å². The number of halogens is 1. The van der Waals surface area contributed by atoms with E-state index in [-0.39, 0.29) is 5.41 Å². The summed E-state index contributed by atoms with van der Waals surface area (Å²) in [7, 11) is 0. The number of hydrogen-bond acceptors (Lipinski definition) is 3. The maximum Gasteiger partial charge on any atom is 0.137 e. The molecular weight excluding hydrogens is 282 g/mol. The fourth-order valence-electron chi connectivity index (χ4n) is 2.35. The van der Waals surface area contributed by atoms with E-state index in [1.54, 1.807) is 0 Å². The summed E-state index contributed by atoms with van der Waals surface area (Å²) in [5.41, 5.74) is 0.887. The van der Waals surface area contributed by atoms with E-state index in [1.807, 2.05) is 6.92 Å². The molecule has 0 aliphatic heterocycles. The Hall–Kier alpha value is -0.830. The van der Waals surface area contributed by atoms with Gasteiger partial charge >= 0.3 is 0 Å². The van der Waals surface area contributed by atoms with Crippen molar-refractivity contribution in [3.05, 3.63) is 16.5 Å². The summed E-state index contributed by atoms with van der Waals surface area (Å²) in [4.78, 5) is 11.6. The summed E-state index contributed by atoms with van der Waals surface area (Å²) in [6.07, 6.45) is 2.38. The van der Waals surface area contributed by atoms with Crippen LogP contribution < -0.4 is 4.90 Å². The van der Waals surface area contributed by atoms with E-state index in [1.165, 1.54) is 12.8 Å². The van der Waals surface area contributed by atoms with E-state index < -0.39 is 0 Å². The van der Waals surface area contributed by atoms with Gasteiger partial charge in [0.2, 0.25) is 0 Å². The van der Waals surface area contributed by atoms with Crippen molar-refractivity contribution in [1.29, 1.82) is 0 Å². The molecule has 0 amide bonds. The normalized spacial score (nSPS) is 12.0. The number of aromatic nitrogens is 2. The smallest absolute Gasteiger partial charge is 0.137 e. The lowest BCUT2D eigenvalue weighted by molar-refractivity contribution is 0.481. The van der Waals surface area contributed by atoms with Gasteiger partial charge in [0, 0.05) is 24.1 Å². The average molecular weight is 312 g/mol. The van der Waals surface area contributed by atoms with Crippen molar-refractivity contribution in [3.63, 3.8) is 0 Å². The Kier molecular flexibility index (Phi) is 6.45. The zero-order valence-electron chi connectivity index (χ0n) is 14.6. The third-order valence-corrected chi connectivity index (χ3v) is 4.41. The largest absolute Gasteiger partial charge is 0.356 e. The second kappa shape index (κ2) is 7.44. The van der Waals surface area contributed by atoms with Gasteiger partial charge in [0.1, 0.15) is 16.8 Å². The molecule has 4 heteroatoms. The van der Waals surface area contributed by atoms with Gasteiger partial charge < -0.3 is 4.90 Å². The van der Waals surface area contributed by atoms with Crippen LogP contribution in [-0.2, 0) is 5.41 Å². The Morgan fingerprint density at radius 2 is 1.67 bits per heavy atom. The highest BCUT2D eigenvalue weighted by atomic mass is 35.5. The maximum atomic E-state index is 6.35. The summed E-state index contributed by atoms with van der Waals surface area (Å²) >= 11 is 6.35. The quantitative estimate of drug-likeness (QED) is 0.692. The molecule has 0 aliphatic carbocycles. The number of hydrogen-bond donors (Lipinski definition) is 0. The van der Waals surface area contributed by atoms with Crippen LogP contribution in [0.5, 0.6) is 0 Å². The molecule has 1 heterocycles. The van der Waals surface area contributed by atoms with Crippen molar-refractivity contribution in [1.82, 2.24) is 9.97 Å². The van der Waals surface area contributed by atoms with Crippen LogP contribution in [0.15, 0.2) is 0 Å². The van der Waals surface area contributed by atoms with Crippen LogP contribution in [0.25, 0.3) is 0 Å². The van der Waals surface area contributed by atoms with Crippen molar-refractivity contribution in [2.24, 2.45) is 5.92 Å². The highest BCUT2D eigenvalue weighted by Crippen LogP contribution is 2.29. The highest BCUT2D eigenvalue weighted by molar-refractivity contribution is 6.30. The molecule has 0 saturated carbocycles. The van der Waals surface area contributed by atoms with Gasteiger partial charge in [-0.15, -0.1) is 0 Å². The first-order valence-corrected chi connectivity index (χ1v) is 8.41. The van der Waals surface area contributed by atoms with E-state index in [2.05, 4.69) is 51.4 Å². The van der Waals surface area contributed by atoms with Crippen LogP contribution in [0.3, 0.4) is 0 Å². The topological polar surface area (TPSA) is 29.0 Å². The molecule has 1 rings (SSSR count). The summed E-state index contributed by atoms with van der Waals surface area (Å²) in [6.45, 7) is 17.0. The molecule has 1 aromatic heterocycles. The zero-order chi connectivity index (χ0) is 16.2. The second-order valence-electron chi connectivity index (χ2n) is 6.76. The Bertz CT molecular complexity index is 462. The lowest BCUT2D eigenvalue weighted by Gasteiger charge is -2.29. The van der Waals surface area contributed by atoms with Crippen molar-refractivity contribution >= 4 is 17.4 Å². The summed E-state index contributed by atoms with van der Waals surface area (Å²) < 4.78 is 0. The summed E-state index contributed by atoms with van der Waals surface area (Å²) in [5.74, 6) is 2.50. The molecule has 0 saturated heterocycles. The first-order chi connectivity index (χ1) is 9.74. The molecule has 1 aromatic rings. The van der Waals surface area contributed by atoms with Crippen LogP contribution in [-0.4, -0.2) is 23.1 Å². The zero-order valence-corrected chi connectivity index (χ0v) is 15.4. The molecule has 21 heavy (non-hydrogen) atoms. The van der Waals surface area contributed by atoms with E-state index in [0.29, 0.717) is 11.1 Å². The van der Waals surface area contributed by atoms with Crippen molar-refractivity contribution in [2.75, 3.05) is 18.0 Å². The fourth-order valence-corrected chi connectivity index (χ4v) is 2.51. The third-order valence-electron chi connectivity index (χ3n) is 4.05. The minimum Gasteiger partial charge on any atom is -0.356 e. The Labute approximate surface area is 135 Å². The predicted molar refractivity (Wildman–Crippen MR) is 92.4 cm³/mol. The van der Waals surface area contributed by atoms with E-state index in [4.69, 9.17) is 16.6 Å². The number of anilines is 1. The van der Waals surface area contributed by atoms with Gasteiger partial charge in [-0.3, -0.25) is 0 Å². The number of nitrogens with zero attached hydrogens (tertiary/aromatic N) is 3. The van der Waals surface area contributed by atoms with E-state index >= 15 is 0 Å². The number of rotatable bonds is 6. The van der Waals surface area contributed by atoms with Crippen LogP contribution in [0.4, 0.5) is 5.82 Å². The minimum atomic E-state index is -0.0968. The van der Waals surface area contributed by atoms with Crippen molar-refractivity contribution < 1.29 is 0 Å². The molecular formula is C17H30ClN3. The van der Waals surface area contributed by atoms with Gasteiger partial charge in [-0.2, -0.15) is 0 Å². The van der Waals surface area contributed by atoms with Crippen LogP contribution >= 0.6 is 11.6 Å². The SMILES string of the molecule is CCC(CC)CN(CC)c1nc(C(C)(C)C)nc(Cl)c1C. The predicted octanol–water partition coefficient (Wildman–Crippen LogP) is 5.00. The molecule has 0 fully saturated rings. The van der Waals surface area contributed by atoms with Gasteiger partial charge in [-0.1, -0.05) is 59.1 Å². The average Bonchev–Trinajstić information content (AvgIpc) is 2.42. The minimum absolute atomic E-state index is 0.0968. The van der Waals surface area contributed by atoms with Gasteiger partial charge in [-0.05, 0) is 19.8 Å². The molecule has 120 valence electrons. The molecule has 0 bridgehead atoms. The first kappa shape index (κ1) is 18.2. The lowest BCUT2D eigenvalue weighted by Crippen LogP contribution is -2.31. The van der Waals surface area contributed by atoms with Crippen molar-refractivity contribution in [2.45, 2.75) is 66.7 Å². The van der Waals surface area contributed by atoms with Gasteiger partial charge in [0.15, 0.2) is 0 Å². The Morgan fingerprint density at radius 1 is 1.10 bits per heavy atom. The second-order valence-corrected chi connectivity index (χ2v) is 7.12. The molecule has 0 aromatic carbocycles. The molecule has 0 spiro atoms. The fraction of sp³-hybridized carbons (Fsp3) is 0.765. The first-order valence-electron chi connectivity index (χ1n) is 8.04. The van der Waals surface area contributed by atoms with Gasteiger partial charge in [0.05, 0.1) is 0 Å². The Morgan fingerprint density at radius 3 is 2.10 bits per heavy atom.